The minimum absolute atomic E-state index is 0.0271. The summed E-state index contributed by atoms with van der Waals surface area (Å²) in [6.45, 7) is 0.0271. The van der Waals surface area contributed by atoms with Gasteiger partial charge in [-0.3, -0.25) is 4.79 Å². The van der Waals surface area contributed by atoms with Crippen LogP contribution in [0.1, 0.15) is 22.3 Å². The van der Waals surface area contributed by atoms with Crippen molar-refractivity contribution in [2.24, 2.45) is 0 Å². The van der Waals surface area contributed by atoms with Gasteiger partial charge in [0.15, 0.2) is 5.82 Å². The van der Waals surface area contributed by atoms with E-state index < -0.39 is 0 Å². The van der Waals surface area contributed by atoms with Crippen molar-refractivity contribution in [3.05, 3.63) is 47.7 Å². The Bertz CT molecular complexity index is 609. The molecule has 0 bridgehead atoms. The van der Waals surface area contributed by atoms with Crippen LogP contribution < -0.4 is 5.32 Å². The van der Waals surface area contributed by atoms with Gasteiger partial charge >= 0.3 is 0 Å². The van der Waals surface area contributed by atoms with Crippen molar-refractivity contribution in [3.63, 3.8) is 0 Å². The fraction of sp³-hybridized carbons (Fsp3) is 0.143. The third-order valence-electron chi connectivity index (χ3n) is 2.27. The van der Waals surface area contributed by atoms with Crippen LogP contribution in [0.5, 0.6) is 0 Å². The van der Waals surface area contributed by atoms with Gasteiger partial charge < -0.3 is 14.9 Å². The highest BCUT2D eigenvalue weighted by Crippen LogP contribution is 2.08. The molecule has 0 saturated heterocycles. The van der Waals surface area contributed by atoms with E-state index in [2.05, 4.69) is 26.8 Å². The maximum Gasteiger partial charge on any atom is 0.256 e. The summed E-state index contributed by atoms with van der Waals surface area (Å²) >= 11 is 0. The van der Waals surface area contributed by atoms with Gasteiger partial charge in [-0.05, 0) is 18.2 Å². The van der Waals surface area contributed by atoms with Gasteiger partial charge in [-0.2, -0.15) is 0 Å². The zero-order valence-electron chi connectivity index (χ0n) is 10.1. The van der Waals surface area contributed by atoms with Crippen LogP contribution in [-0.2, 0) is 0 Å². The van der Waals surface area contributed by atoms with Crippen molar-refractivity contribution in [2.75, 3.05) is 11.9 Å². The Morgan fingerprint density at radius 2 is 2.32 bits per heavy atom. The van der Waals surface area contributed by atoms with Crippen LogP contribution in [0.15, 0.2) is 41.1 Å². The van der Waals surface area contributed by atoms with E-state index in [9.17, 15) is 4.79 Å². The Morgan fingerprint density at radius 1 is 1.42 bits per heavy atom. The van der Waals surface area contributed by atoms with Crippen molar-refractivity contribution < 1.29 is 14.4 Å². The van der Waals surface area contributed by atoms with E-state index in [1.165, 1.54) is 6.26 Å². The monoisotopic (exact) mass is 256 g/mol. The number of carbonyl (C=O) groups is 1. The molecule has 5 nitrogen and oxygen atoms in total. The van der Waals surface area contributed by atoms with E-state index in [4.69, 9.17) is 5.11 Å². The molecule has 0 saturated carbocycles. The second-order valence-corrected chi connectivity index (χ2v) is 3.69. The predicted octanol–water partition coefficient (Wildman–Crippen LogP) is 1.66. The molecule has 0 spiro atoms. The standard InChI is InChI=1S/C14H12N2O3/c17-8-2-1-4-11-5-3-6-12(10-11)14(18)15-13-7-9-19-16-13/h3,5-7,9-10,17H,2,8H2,(H,15,16,18). The second kappa shape index (κ2) is 6.38. The number of carbonyl (C=O) groups excluding carboxylic acids is 1. The maximum atomic E-state index is 11.9. The van der Waals surface area contributed by atoms with Gasteiger partial charge in [-0.25, -0.2) is 0 Å². The van der Waals surface area contributed by atoms with Gasteiger partial charge in [-0.15, -0.1) is 0 Å². The molecule has 96 valence electrons. The Morgan fingerprint density at radius 3 is 3.05 bits per heavy atom. The summed E-state index contributed by atoms with van der Waals surface area (Å²) in [5.74, 6) is 5.76. The van der Waals surface area contributed by atoms with Crippen LogP contribution >= 0.6 is 0 Å². The van der Waals surface area contributed by atoms with E-state index in [0.717, 1.165) is 5.56 Å². The normalized spacial score (nSPS) is 9.53. The molecule has 0 aliphatic rings. The smallest absolute Gasteiger partial charge is 0.256 e. The van der Waals surface area contributed by atoms with Crippen molar-refractivity contribution in [2.45, 2.75) is 6.42 Å². The van der Waals surface area contributed by atoms with Crippen LogP contribution in [0.4, 0.5) is 5.82 Å². The summed E-state index contributed by atoms with van der Waals surface area (Å²) in [7, 11) is 0. The number of amides is 1. The summed E-state index contributed by atoms with van der Waals surface area (Å²) in [5, 5.41) is 14.9. The van der Waals surface area contributed by atoms with Crippen molar-refractivity contribution in [1.29, 1.82) is 0 Å². The van der Waals surface area contributed by atoms with Gasteiger partial charge in [-0.1, -0.05) is 23.1 Å². The summed E-state index contributed by atoms with van der Waals surface area (Å²) in [6, 6.07) is 8.48. The molecule has 0 radical (unpaired) electrons. The number of aliphatic hydroxyl groups is 1. The molecule has 0 fully saturated rings. The molecule has 5 heteroatoms. The van der Waals surface area contributed by atoms with Crippen LogP contribution in [0, 0.1) is 11.8 Å². The number of benzene rings is 1. The summed E-state index contributed by atoms with van der Waals surface area (Å²) in [4.78, 5) is 11.9. The minimum atomic E-state index is -0.278. The summed E-state index contributed by atoms with van der Waals surface area (Å²) in [6.07, 6.45) is 1.79. The lowest BCUT2D eigenvalue weighted by Gasteiger charge is -2.01. The third-order valence-corrected chi connectivity index (χ3v) is 2.27. The first-order valence-electron chi connectivity index (χ1n) is 5.71. The number of hydrogen-bond donors (Lipinski definition) is 2. The van der Waals surface area contributed by atoms with Gasteiger partial charge in [0.1, 0.15) is 6.26 Å². The zero-order chi connectivity index (χ0) is 13.5. The highest BCUT2D eigenvalue weighted by atomic mass is 16.5. The second-order valence-electron chi connectivity index (χ2n) is 3.69. The first kappa shape index (κ1) is 12.9. The lowest BCUT2D eigenvalue weighted by molar-refractivity contribution is 0.102. The fourth-order valence-corrected chi connectivity index (χ4v) is 1.42. The molecule has 1 heterocycles. The summed E-state index contributed by atoms with van der Waals surface area (Å²) < 4.78 is 4.63. The predicted molar refractivity (Wildman–Crippen MR) is 69.5 cm³/mol. The minimum Gasteiger partial charge on any atom is -0.395 e. The maximum absolute atomic E-state index is 11.9. The van der Waals surface area contributed by atoms with E-state index >= 15 is 0 Å². The van der Waals surface area contributed by atoms with Gasteiger partial charge in [0, 0.05) is 23.6 Å². The van der Waals surface area contributed by atoms with Gasteiger partial charge in [0.05, 0.1) is 6.61 Å². The van der Waals surface area contributed by atoms with Crippen molar-refractivity contribution in [1.82, 2.24) is 5.16 Å². The molecular formula is C14H12N2O3. The zero-order valence-corrected chi connectivity index (χ0v) is 10.1. The Kier molecular flexibility index (Phi) is 4.32. The van der Waals surface area contributed by atoms with E-state index in [0.29, 0.717) is 17.8 Å². The average Bonchev–Trinajstić information content (AvgIpc) is 2.92. The average molecular weight is 256 g/mol. The van der Waals surface area contributed by atoms with Crippen LogP contribution in [0.25, 0.3) is 0 Å². The number of aromatic nitrogens is 1. The molecule has 1 amide bonds. The van der Waals surface area contributed by atoms with Gasteiger partial charge in [0.2, 0.25) is 0 Å². The topological polar surface area (TPSA) is 75.4 Å². The number of anilines is 1. The summed E-state index contributed by atoms with van der Waals surface area (Å²) in [5.41, 5.74) is 1.21. The van der Waals surface area contributed by atoms with E-state index in [-0.39, 0.29) is 12.5 Å². The SMILES string of the molecule is O=C(Nc1ccon1)c1cccc(C#CCCO)c1. The van der Waals surface area contributed by atoms with Crippen molar-refractivity contribution >= 4 is 11.7 Å². The number of nitrogens with one attached hydrogen (secondary N) is 1. The lowest BCUT2D eigenvalue weighted by atomic mass is 10.1. The Hall–Kier alpha value is -2.58. The van der Waals surface area contributed by atoms with E-state index in [1.807, 2.05) is 0 Å². The van der Waals surface area contributed by atoms with Crippen molar-refractivity contribution in [3.8, 4) is 11.8 Å². The van der Waals surface area contributed by atoms with Crippen LogP contribution in [0.2, 0.25) is 0 Å². The largest absolute Gasteiger partial charge is 0.395 e. The third kappa shape index (κ3) is 3.69. The van der Waals surface area contributed by atoms with Gasteiger partial charge in [0.25, 0.3) is 5.91 Å². The quantitative estimate of drug-likeness (QED) is 0.819. The molecule has 19 heavy (non-hydrogen) atoms. The lowest BCUT2D eigenvalue weighted by Crippen LogP contribution is -2.12. The molecule has 0 atom stereocenters. The molecule has 2 N–H and O–H groups in total. The number of aliphatic hydroxyl groups excluding tert-OH is 1. The molecule has 1 aromatic carbocycles. The molecule has 0 unspecified atom stereocenters. The molecule has 2 aromatic rings. The van der Waals surface area contributed by atoms with E-state index in [1.54, 1.807) is 30.3 Å². The molecular weight excluding hydrogens is 244 g/mol. The highest BCUT2D eigenvalue weighted by molar-refractivity contribution is 6.03. The number of nitrogens with zero attached hydrogens (tertiary/aromatic N) is 1. The Labute approximate surface area is 110 Å². The molecule has 0 aliphatic heterocycles. The first-order chi connectivity index (χ1) is 9.29. The fourth-order valence-electron chi connectivity index (χ4n) is 1.42. The Balaban J connectivity index is 2.10. The number of hydrogen-bond acceptors (Lipinski definition) is 4. The highest BCUT2D eigenvalue weighted by Gasteiger charge is 2.07. The molecule has 1 aromatic heterocycles. The van der Waals surface area contributed by atoms with Crippen LogP contribution in [0.3, 0.4) is 0 Å². The first-order valence-corrected chi connectivity index (χ1v) is 5.71. The van der Waals surface area contributed by atoms with Crippen LogP contribution in [-0.4, -0.2) is 22.8 Å². The molecule has 2 rings (SSSR count). The molecule has 0 aliphatic carbocycles. The number of rotatable bonds is 3.